The van der Waals surface area contributed by atoms with Crippen LogP contribution < -0.4 is 4.72 Å². The summed E-state index contributed by atoms with van der Waals surface area (Å²) in [4.78, 5) is 9.78. The van der Waals surface area contributed by atoms with Gasteiger partial charge in [0.15, 0.2) is 0 Å². The Morgan fingerprint density at radius 2 is 2.05 bits per heavy atom. The van der Waals surface area contributed by atoms with Crippen LogP contribution in [0.25, 0.3) is 0 Å². The number of nitrogens with one attached hydrogen (secondary N) is 1. The molecule has 7 nitrogen and oxygen atoms in total. The van der Waals surface area contributed by atoms with E-state index in [-0.39, 0.29) is 15.1 Å². The maximum atomic E-state index is 12.1. The molecule has 1 saturated carbocycles. The Labute approximate surface area is 117 Å². The molecule has 1 aromatic rings. The molecule has 9 heteroatoms. The standard InChI is InChI=1S/C10H8BrN3O4S/c11-7-3-8(14(15)16)5-9(4-7)19(17,18)13-10(6-12)1-2-10/h3-5,13H,1-2H2. The van der Waals surface area contributed by atoms with Crippen molar-refractivity contribution >= 4 is 31.6 Å². The molecular formula is C10H8BrN3O4S. The highest BCUT2D eigenvalue weighted by atomic mass is 79.9. The minimum atomic E-state index is -3.95. The fraction of sp³-hybridized carbons (Fsp3) is 0.300. The summed E-state index contributed by atoms with van der Waals surface area (Å²) in [5.74, 6) is 0. The summed E-state index contributed by atoms with van der Waals surface area (Å²) in [5.41, 5.74) is -1.40. The van der Waals surface area contributed by atoms with E-state index in [0.717, 1.165) is 6.07 Å². The largest absolute Gasteiger partial charge is 0.271 e. The highest BCUT2D eigenvalue weighted by Crippen LogP contribution is 2.36. The number of halogens is 1. The third-order valence-electron chi connectivity index (χ3n) is 2.67. The first-order valence-corrected chi connectivity index (χ1v) is 7.46. The van der Waals surface area contributed by atoms with Crippen molar-refractivity contribution in [2.75, 3.05) is 0 Å². The van der Waals surface area contributed by atoms with Crippen LogP contribution in [0.15, 0.2) is 27.6 Å². The number of nitro benzene ring substituents is 1. The molecule has 1 aliphatic carbocycles. The molecule has 1 fully saturated rings. The molecule has 0 aliphatic heterocycles. The number of hydrogen-bond acceptors (Lipinski definition) is 5. The van der Waals surface area contributed by atoms with Crippen LogP contribution in [0.2, 0.25) is 0 Å². The molecule has 0 heterocycles. The molecule has 0 bridgehead atoms. The highest BCUT2D eigenvalue weighted by Gasteiger charge is 2.46. The molecule has 0 aromatic heterocycles. The van der Waals surface area contributed by atoms with Gasteiger partial charge < -0.3 is 0 Å². The summed E-state index contributed by atoms with van der Waals surface area (Å²) in [6.07, 6.45) is 0.887. The lowest BCUT2D eigenvalue weighted by Crippen LogP contribution is -2.35. The molecule has 0 atom stereocenters. The van der Waals surface area contributed by atoms with Crippen molar-refractivity contribution in [1.29, 1.82) is 5.26 Å². The lowest BCUT2D eigenvalue weighted by atomic mass is 10.3. The normalized spacial score (nSPS) is 16.6. The van der Waals surface area contributed by atoms with Crippen molar-refractivity contribution in [2.45, 2.75) is 23.3 Å². The summed E-state index contributed by atoms with van der Waals surface area (Å²) in [5, 5.41) is 19.6. The molecule has 1 aromatic carbocycles. The van der Waals surface area contributed by atoms with Crippen molar-refractivity contribution < 1.29 is 13.3 Å². The van der Waals surface area contributed by atoms with Gasteiger partial charge in [0.25, 0.3) is 5.69 Å². The molecule has 0 spiro atoms. The van der Waals surface area contributed by atoms with Crippen LogP contribution in [0, 0.1) is 21.4 Å². The van der Waals surface area contributed by atoms with Gasteiger partial charge in [-0.15, -0.1) is 0 Å². The smallest absolute Gasteiger partial charge is 0.258 e. The molecular weight excluding hydrogens is 338 g/mol. The third-order valence-corrected chi connectivity index (χ3v) is 4.64. The van der Waals surface area contributed by atoms with Crippen molar-refractivity contribution in [3.05, 3.63) is 32.8 Å². The number of nitrogens with zero attached hydrogens (tertiary/aromatic N) is 2. The lowest BCUT2D eigenvalue weighted by Gasteiger charge is -2.10. The number of nitriles is 1. The van der Waals surface area contributed by atoms with E-state index >= 15 is 0 Å². The van der Waals surface area contributed by atoms with Gasteiger partial charge in [-0.3, -0.25) is 10.1 Å². The number of nitro groups is 1. The van der Waals surface area contributed by atoms with E-state index in [0.29, 0.717) is 12.8 Å². The van der Waals surface area contributed by atoms with Crippen LogP contribution in [0.3, 0.4) is 0 Å². The molecule has 0 amide bonds. The number of non-ortho nitro benzene ring substituents is 1. The first-order valence-electron chi connectivity index (χ1n) is 5.18. The zero-order valence-corrected chi connectivity index (χ0v) is 11.9. The van der Waals surface area contributed by atoms with Crippen molar-refractivity contribution in [3.63, 3.8) is 0 Å². The second kappa shape index (κ2) is 4.56. The first kappa shape index (κ1) is 13.9. The minimum Gasteiger partial charge on any atom is -0.258 e. The van der Waals surface area contributed by atoms with E-state index < -0.39 is 20.5 Å². The van der Waals surface area contributed by atoms with Crippen LogP contribution in [-0.4, -0.2) is 18.9 Å². The van der Waals surface area contributed by atoms with Crippen LogP contribution in [-0.2, 0) is 10.0 Å². The Hall–Kier alpha value is -1.50. The van der Waals surface area contributed by atoms with Gasteiger partial charge in [-0.05, 0) is 18.9 Å². The monoisotopic (exact) mass is 345 g/mol. The summed E-state index contributed by atoms with van der Waals surface area (Å²) >= 11 is 3.02. The Morgan fingerprint density at radius 3 is 2.53 bits per heavy atom. The van der Waals surface area contributed by atoms with E-state index in [2.05, 4.69) is 20.7 Å². The second-order valence-corrected chi connectivity index (χ2v) is 6.80. The number of sulfonamides is 1. The summed E-state index contributed by atoms with van der Waals surface area (Å²) < 4.78 is 26.7. The van der Waals surface area contributed by atoms with Gasteiger partial charge in [-0.2, -0.15) is 9.98 Å². The minimum absolute atomic E-state index is 0.241. The Bertz CT molecular complexity index is 691. The molecule has 2 rings (SSSR count). The Morgan fingerprint density at radius 1 is 1.42 bits per heavy atom. The topological polar surface area (TPSA) is 113 Å². The fourth-order valence-corrected chi connectivity index (χ4v) is 3.56. The second-order valence-electron chi connectivity index (χ2n) is 4.20. The summed E-state index contributed by atoms with van der Waals surface area (Å²) in [7, 11) is -3.95. The number of benzene rings is 1. The van der Waals surface area contributed by atoms with E-state index in [1.165, 1.54) is 12.1 Å². The fourth-order valence-electron chi connectivity index (χ4n) is 1.49. The maximum Gasteiger partial charge on any atom is 0.271 e. The maximum absolute atomic E-state index is 12.1. The van der Waals surface area contributed by atoms with Crippen LogP contribution in [0.4, 0.5) is 5.69 Å². The van der Waals surface area contributed by atoms with E-state index in [1.807, 2.05) is 6.07 Å². The molecule has 0 unspecified atom stereocenters. The Balaban J connectivity index is 2.41. The van der Waals surface area contributed by atoms with Crippen LogP contribution >= 0.6 is 15.9 Å². The number of hydrogen-bond donors (Lipinski definition) is 1. The molecule has 19 heavy (non-hydrogen) atoms. The average Bonchev–Trinajstić information content (AvgIpc) is 3.08. The van der Waals surface area contributed by atoms with Crippen molar-refractivity contribution in [2.24, 2.45) is 0 Å². The Kier molecular flexibility index (Phi) is 3.34. The zero-order chi connectivity index (χ0) is 14.3. The van der Waals surface area contributed by atoms with E-state index in [9.17, 15) is 18.5 Å². The van der Waals surface area contributed by atoms with Crippen LogP contribution in [0.1, 0.15) is 12.8 Å². The third kappa shape index (κ3) is 2.91. The van der Waals surface area contributed by atoms with Gasteiger partial charge in [-0.25, -0.2) is 8.42 Å². The van der Waals surface area contributed by atoms with Gasteiger partial charge in [-0.1, -0.05) is 15.9 Å². The number of rotatable bonds is 4. The lowest BCUT2D eigenvalue weighted by molar-refractivity contribution is -0.385. The molecule has 100 valence electrons. The summed E-state index contributed by atoms with van der Waals surface area (Å²) in [6.45, 7) is 0. The zero-order valence-electron chi connectivity index (χ0n) is 9.46. The predicted octanol–water partition coefficient (Wildman–Crippen LogP) is 1.69. The van der Waals surface area contributed by atoms with Gasteiger partial charge in [0, 0.05) is 16.6 Å². The molecule has 1 N–H and O–H groups in total. The molecule has 1 aliphatic rings. The first-order chi connectivity index (χ1) is 8.78. The van der Waals surface area contributed by atoms with Gasteiger partial charge in [0.2, 0.25) is 10.0 Å². The van der Waals surface area contributed by atoms with Crippen molar-refractivity contribution in [1.82, 2.24) is 4.72 Å². The quantitative estimate of drug-likeness (QED) is 0.658. The van der Waals surface area contributed by atoms with Gasteiger partial charge >= 0.3 is 0 Å². The van der Waals surface area contributed by atoms with Gasteiger partial charge in [0.1, 0.15) is 5.54 Å². The highest BCUT2D eigenvalue weighted by molar-refractivity contribution is 9.10. The van der Waals surface area contributed by atoms with Crippen molar-refractivity contribution in [3.8, 4) is 6.07 Å². The average molecular weight is 346 g/mol. The van der Waals surface area contributed by atoms with E-state index in [1.54, 1.807) is 0 Å². The van der Waals surface area contributed by atoms with Crippen LogP contribution in [0.5, 0.6) is 0 Å². The molecule has 0 radical (unpaired) electrons. The SMILES string of the molecule is N#CC1(NS(=O)(=O)c2cc(Br)cc([N+](=O)[O-])c2)CC1. The molecule has 0 saturated heterocycles. The predicted molar refractivity (Wildman–Crippen MR) is 68.7 cm³/mol. The summed E-state index contributed by atoms with van der Waals surface area (Å²) in [6, 6.07) is 5.31. The van der Waals surface area contributed by atoms with Gasteiger partial charge in [0.05, 0.1) is 15.9 Å². The van der Waals surface area contributed by atoms with E-state index in [4.69, 9.17) is 5.26 Å².